The van der Waals surface area contributed by atoms with E-state index in [2.05, 4.69) is 10.7 Å². The first kappa shape index (κ1) is 23.1. The molecule has 1 aliphatic rings. The number of fused-ring (bicyclic) bond motifs is 1. The lowest BCUT2D eigenvalue weighted by Gasteiger charge is -2.25. The second kappa shape index (κ2) is 12.4. The maximum atomic E-state index is 11.7. The summed E-state index contributed by atoms with van der Waals surface area (Å²) in [5.74, 6) is 0.695. The van der Waals surface area contributed by atoms with Crippen LogP contribution in [0.4, 0.5) is 0 Å². The number of nitrogens with zero attached hydrogens (tertiary/aromatic N) is 2. The monoisotopic (exact) mass is 391 g/mol. The van der Waals surface area contributed by atoms with Gasteiger partial charge in [0.1, 0.15) is 5.69 Å². The number of nitrogens with two attached hydrogens (primary N) is 1. The standard InChI is InChI=1S/C10H6ClNO.C10H19NO.CH5N/c11-9-2-1-7-4-10(6-13)12-5-8(7)3-9;1-3-11(2)10(12)9-7-5-4-6-8-9;1-2/h1-6H;9H,3-8H2,1-2H3;2H2,1H3. The maximum Gasteiger partial charge on any atom is 0.225 e. The smallest absolute Gasteiger partial charge is 0.225 e. The number of carbonyl (C=O) groups is 2. The predicted octanol–water partition coefficient (Wildman–Crippen LogP) is 4.32. The molecule has 1 aromatic carbocycles. The van der Waals surface area contributed by atoms with Gasteiger partial charge in [0.15, 0.2) is 6.29 Å². The fourth-order valence-electron chi connectivity index (χ4n) is 3.01. The fourth-order valence-corrected chi connectivity index (χ4v) is 3.19. The molecule has 1 heterocycles. The van der Waals surface area contributed by atoms with Crippen LogP contribution in [-0.4, -0.2) is 42.7 Å². The second-order valence-electron chi connectivity index (χ2n) is 6.41. The zero-order valence-electron chi connectivity index (χ0n) is 16.5. The average Bonchev–Trinajstić information content (AvgIpc) is 2.74. The summed E-state index contributed by atoms with van der Waals surface area (Å²) in [4.78, 5) is 27.9. The molecule has 1 aromatic heterocycles. The number of hydrogen-bond donors (Lipinski definition) is 1. The number of benzene rings is 1. The normalized spacial score (nSPS) is 13.7. The van der Waals surface area contributed by atoms with E-state index in [1.54, 1.807) is 18.3 Å². The number of halogens is 1. The van der Waals surface area contributed by atoms with E-state index in [1.165, 1.54) is 26.3 Å². The van der Waals surface area contributed by atoms with E-state index >= 15 is 0 Å². The van der Waals surface area contributed by atoms with Gasteiger partial charge in [-0.25, -0.2) is 0 Å². The first-order valence-corrected chi connectivity index (χ1v) is 9.76. The highest BCUT2D eigenvalue weighted by Crippen LogP contribution is 2.24. The van der Waals surface area contributed by atoms with Crippen LogP contribution < -0.4 is 5.73 Å². The van der Waals surface area contributed by atoms with Gasteiger partial charge in [-0.15, -0.1) is 0 Å². The third-order valence-corrected chi connectivity index (χ3v) is 4.87. The zero-order chi connectivity index (χ0) is 20.2. The Morgan fingerprint density at radius 2 is 1.89 bits per heavy atom. The molecule has 3 rings (SSSR count). The fraction of sp³-hybridized carbons (Fsp3) is 0.476. The SMILES string of the molecule is CCN(C)C(=O)C1CCCCC1.CN.O=Cc1cc2ccc(Cl)cc2cn1. The molecule has 0 unspecified atom stereocenters. The first-order chi connectivity index (χ1) is 13.0. The van der Waals surface area contributed by atoms with Crippen molar-refractivity contribution in [3.8, 4) is 0 Å². The summed E-state index contributed by atoms with van der Waals surface area (Å²) >= 11 is 5.80. The summed E-state index contributed by atoms with van der Waals surface area (Å²) in [6, 6.07) is 7.21. The van der Waals surface area contributed by atoms with E-state index in [4.69, 9.17) is 11.6 Å². The number of aldehydes is 1. The highest BCUT2D eigenvalue weighted by atomic mass is 35.5. The molecule has 0 saturated heterocycles. The summed E-state index contributed by atoms with van der Waals surface area (Å²) in [5.41, 5.74) is 4.94. The van der Waals surface area contributed by atoms with Gasteiger partial charge in [0.05, 0.1) is 0 Å². The lowest BCUT2D eigenvalue weighted by atomic mass is 9.88. The van der Waals surface area contributed by atoms with Crippen LogP contribution in [-0.2, 0) is 4.79 Å². The zero-order valence-corrected chi connectivity index (χ0v) is 17.2. The summed E-state index contributed by atoms with van der Waals surface area (Å²) in [5, 5.41) is 2.59. The van der Waals surface area contributed by atoms with Gasteiger partial charge in [-0.2, -0.15) is 0 Å². The minimum absolute atomic E-state index is 0.337. The van der Waals surface area contributed by atoms with E-state index in [9.17, 15) is 9.59 Å². The molecule has 2 aromatic rings. The van der Waals surface area contributed by atoms with Crippen LogP contribution in [0.2, 0.25) is 5.02 Å². The summed E-state index contributed by atoms with van der Waals surface area (Å²) in [6.45, 7) is 2.87. The second-order valence-corrected chi connectivity index (χ2v) is 6.84. The first-order valence-electron chi connectivity index (χ1n) is 9.38. The molecule has 0 bridgehead atoms. The maximum absolute atomic E-state index is 11.7. The Morgan fingerprint density at radius 3 is 2.48 bits per heavy atom. The summed E-state index contributed by atoms with van der Waals surface area (Å²) in [6.07, 6.45) is 8.41. The Kier molecular flexibility index (Phi) is 10.6. The number of rotatable bonds is 3. The number of hydrogen-bond acceptors (Lipinski definition) is 4. The van der Waals surface area contributed by atoms with Gasteiger partial charge in [-0.05, 0) is 50.4 Å². The largest absolute Gasteiger partial charge is 0.346 e. The molecule has 148 valence electrons. The van der Waals surface area contributed by atoms with Crippen molar-refractivity contribution in [2.24, 2.45) is 11.7 Å². The Balaban J connectivity index is 0.000000248. The number of pyridine rings is 1. The highest BCUT2D eigenvalue weighted by molar-refractivity contribution is 6.31. The van der Waals surface area contributed by atoms with Crippen molar-refractivity contribution in [1.82, 2.24) is 9.88 Å². The van der Waals surface area contributed by atoms with Crippen LogP contribution in [0.5, 0.6) is 0 Å². The number of aromatic nitrogens is 1. The quantitative estimate of drug-likeness (QED) is 0.790. The molecule has 1 fully saturated rings. The molecule has 1 aliphatic carbocycles. The molecular weight excluding hydrogens is 362 g/mol. The Hall–Kier alpha value is -1.98. The van der Waals surface area contributed by atoms with Gasteiger partial charge in [-0.1, -0.05) is 36.9 Å². The Morgan fingerprint density at radius 1 is 1.22 bits per heavy atom. The van der Waals surface area contributed by atoms with Gasteiger partial charge in [0.2, 0.25) is 5.91 Å². The van der Waals surface area contributed by atoms with Crippen LogP contribution in [0.25, 0.3) is 10.8 Å². The molecule has 6 heteroatoms. The van der Waals surface area contributed by atoms with Crippen molar-refractivity contribution < 1.29 is 9.59 Å². The lowest BCUT2D eigenvalue weighted by Crippen LogP contribution is -2.33. The van der Waals surface area contributed by atoms with Crippen LogP contribution in [0.3, 0.4) is 0 Å². The van der Waals surface area contributed by atoms with Gasteiger partial charge in [-0.3, -0.25) is 14.6 Å². The summed E-state index contributed by atoms with van der Waals surface area (Å²) in [7, 11) is 3.40. The van der Waals surface area contributed by atoms with E-state index < -0.39 is 0 Å². The van der Waals surface area contributed by atoms with E-state index in [0.717, 1.165) is 36.4 Å². The molecular formula is C21H30ClN3O2. The number of carbonyl (C=O) groups excluding carboxylic acids is 2. The molecule has 0 spiro atoms. The van der Waals surface area contributed by atoms with Gasteiger partial charge >= 0.3 is 0 Å². The number of amides is 1. The van der Waals surface area contributed by atoms with Gasteiger partial charge in [0, 0.05) is 36.1 Å². The van der Waals surface area contributed by atoms with Crippen LogP contribution in [0.15, 0.2) is 30.5 Å². The van der Waals surface area contributed by atoms with Gasteiger partial charge in [0.25, 0.3) is 0 Å². The van der Waals surface area contributed by atoms with E-state index in [0.29, 0.717) is 22.5 Å². The Labute approximate surface area is 166 Å². The molecule has 0 radical (unpaired) electrons. The Bertz CT molecular complexity index is 730. The third-order valence-electron chi connectivity index (χ3n) is 4.63. The van der Waals surface area contributed by atoms with Crippen molar-refractivity contribution >= 4 is 34.6 Å². The predicted molar refractivity (Wildman–Crippen MR) is 112 cm³/mol. The molecule has 27 heavy (non-hydrogen) atoms. The molecule has 2 N–H and O–H groups in total. The summed E-state index contributed by atoms with van der Waals surface area (Å²) < 4.78 is 0. The van der Waals surface area contributed by atoms with Gasteiger partial charge < -0.3 is 10.6 Å². The van der Waals surface area contributed by atoms with Crippen LogP contribution in [0.1, 0.15) is 49.5 Å². The molecule has 1 amide bonds. The third kappa shape index (κ3) is 7.27. The van der Waals surface area contributed by atoms with Crippen molar-refractivity contribution in [3.05, 3.63) is 41.2 Å². The highest BCUT2D eigenvalue weighted by Gasteiger charge is 2.22. The van der Waals surface area contributed by atoms with E-state index in [1.807, 2.05) is 31.0 Å². The minimum Gasteiger partial charge on any atom is -0.346 e. The van der Waals surface area contributed by atoms with Crippen molar-refractivity contribution in [2.45, 2.75) is 39.0 Å². The van der Waals surface area contributed by atoms with Crippen LogP contribution >= 0.6 is 11.6 Å². The molecule has 0 atom stereocenters. The lowest BCUT2D eigenvalue weighted by molar-refractivity contribution is -0.134. The minimum atomic E-state index is 0.337. The van der Waals surface area contributed by atoms with Crippen LogP contribution in [0, 0.1) is 5.92 Å². The van der Waals surface area contributed by atoms with Crippen molar-refractivity contribution in [1.29, 1.82) is 0 Å². The topological polar surface area (TPSA) is 76.3 Å². The van der Waals surface area contributed by atoms with Crippen molar-refractivity contribution in [3.63, 3.8) is 0 Å². The average molecular weight is 392 g/mol. The van der Waals surface area contributed by atoms with E-state index in [-0.39, 0.29) is 0 Å². The molecule has 1 saturated carbocycles. The molecule has 5 nitrogen and oxygen atoms in total. The van der Waals surface area contributed by atoms with Crippen molar-refractivity contribution in [2.75, 3.05) is 20.6 Å². The molecule has 0 aliphatic heterocycles.